The summed E-state index contributed by atoms with van der Waals surface area (Å²) in [6.07, 6.45) is 11.8. The molecule has 4 heteroatoms. The monoisotopic (exact) mass is 324 g/mol. The van der Waals surface area contributed by atoms with Gasteiger partial charge in [0.25, 0.3) is 0 Å². The van der Waals surface area contributed by atoms with Crippen LogP contribution >= 0.6 is 0 Å². The molecule has 1 saturated carbocycles. The molecular formula is C19H36N2O2. The fourth-order valence-corrected chi connectivity index (χ4v) is 4.14. The molecule has 1 amide bonds. The van der Waals surface area contributed by atoms with E-state index in [2.05, 4.69) is 12.2 Å². The number of likely N-dealkylation sites (tertiary alicyclic amines) is 1. The summed E-state index contributed by atoms with van der Waals surface area (Å²) < 4.78 is 5.24. The molecule has 0 bridgehead atoms. The summed E-state index contributed by atoms with van der Waals surface area (Å²) in [5.74, 6) is 1.47. The van der Waals surface area contributed by atoms with E-state index in [-0.39, 0.29) is 6.09 Å². The molecule has 1 aliphatic heterocycles. The van der Waals surface area contributed by atoms with Gasteiger partial charge in [-0.05, 0) is 51.0 Å². The molecule has 2 unspecified atom stereocenters. The van der Waals surface area contributed by atoms with E-state index in [1.165, 1.54) is 57.8 Å². The second-order valence-corrected chi connectivity index (χ2v) is 7.46. The molecule has 0 aromatic heterocycles. The Morgan fingerprint density at radius 1 is 1.13 bits per heavy atom. The minimum atomic E-state index is -0.127. The summed E-state index contributed by atoms with van der Waals surface area (Å²) in [6.45, 7) is 7.41. The average Bonchev–Trinajstić information content (AvgIpc) is 2.59. The van der Waals surface area contributed by atoms with Gasteiger partial charge in [0.05, 0.1) is 6.61 Å². The molecule has 1 aliphatic carbocycles. The van der Waals surface area contributed by atoms with Crippen molar-refractivity contribution in [1.82, 2.24) is 10.2 Å². The molecule has 0 aromatic carbocycles. The Hall–Kier alpha value is -0.770. The van der Waals surface area contributed by atoms with Gasteiger partial charge in [0.1, 0.15) is 0 Å². The van der Waals surface area contributed by atoms with Gasteiger partial charge in [-0.2, -0.15) is 0 Å². The third kappa shape index (κ3) is 6.33. The first kappa shape index (κ1) is 18.6. The molecule has 2 aliphatic rings. The van der Waals surface area contributed by atoms with Gasteiger partial charge in [0.15, 0.2) is 0 Å². The third-order valence-electron chi connectivity index (χ3n) is 5.45. The van der Waals surface area contributed by atoms with Gasteiger partial charge in [0.2, 0.25) is 0 Å². The van der Waals surface area contributed by atoms with Gasteiger partial charge in [0, 0.05) is 19.1 Å². The summed E-state index contributed by atoms with van der Waals surface area (Å²) in [7, 11) is 0. The molecule has 2 rings (SSSR count). The summed E-state index contributed by atoms with van der Waals surface area (Å²) in [5, 5.41) is 3.78. The van der Waals surface area contributed by atoms with E-state index >= 15 is 0 Å². The van der Waals surface area contributed by atoms with Crippen LogP contribution in [0, 0.1) is 11.8 Å². The number of unbranched alkanes of at least 4 members (excludes halogenated alkanes) is 1. The van der Waals surface area contributed by atoms with Crippen LogP contribution in [0.15, 0.2) is 0 Å². The van der Waals surface area contributed by atoms with Crippen molar-refractivity contribution in [1.29, 1.82) is 0 Å². The standard InChI is InChI=1S/C19H36N2O2/c1-3-5-9-17-12-18(15-21(14-17)19(22)23-4-2)20-13-16-10-7-6-8-11-16/h16-18,20H,3-15H2,1-2H3. The number of amides is 1. The zero-order valence-electron chi connectivity index (χ0n) is 15.2. The number of hydrogen-bond donors (Lipinski definition) is 1. The molecule has 1 N–H and O–H groups in total. The van der Waals surface area contributed by atoms with E-state index in [1.807, 2.05) is 11.8 Å². The van der Waals surface area contributed by atoms with Crippen LogP contribution in [0.1, 0.15) is 71.6 Å². The van der Waals surface area contributed by atoms with Crippen LogP contribution in [0.3, 0.4) is 0 Å². The highest BCUT2D eigenvalue weighted by Crippen LogP contribution is 2.25. The predicted molar refractivity (Wildman–Crippen MR) is 94.6 cm³/mol. The minimum Gasteiger partial charge on any atom is -0.450 e. The Kier molecular flexibility index (Phi) is 8.21. The number of ether oxygens (including phenoxy) is 1. The number of nitrogens with one attached hydrogen (secondary N) is 1. The molecule has 1 heterocycles. The Balaban J connectivity index is 1.83. The quantitative estimate of drug-likeness (QED) is 0.763. The maximum Gasteiger partial charge on any atom is 0.409 e. The number of piperidine rings is 1. The first-order chi connectivity index (χ1) is 11.2. The van der Waals surface area contributed by atoms with Gasteiger partial charge in [-0.1, -0.05) is 39.0 Å². The molecule has 0 spiro atoms. The second kappa shape index (κ2) is 10.2. The van der Waals surface area contributed by atoms with Crippen molar-refractivity contribution in [3.63, 3.8) is 0 Å². The number of hydrogen-bond acceptors (Lipinski definition) is 3. The van der Waals surface area contributed by atoms with E-state index in [0.717, 1.165) is 25.6 Å². The number of nitrogens with zero attached hydrogens (tertiary/aromatic N) is 1. The van der Waals surface area contributed by atoms with Gasteiger partial charge >= 0.3 is 6.09 Å². The molecule has 0 aromatic rings. The van der Waals surface area contributed by atoms with Gasteiger partial charge in [-0.3, -0.25) is 0 Å². The van der Waals surface area contributed by atoms with Crippen LogP contribution in [-0.4, -0.2) is 43.3 Å². The predicted octanol–water partition coefficient (Wildman–Crippen LogP) is 4.19. The van der Waals surface area contributed by atoms with E-state index in [1.54, 1.807) is 0 Å². The molecule has 0 radical (unpaired) electrons. The number of carbonyl (C=O) groups excluding carboxylic acids is 1. The van der Waals surface area contributed by atoms with Crippen molar-refractivity contribution in [2.75, 3.05) is 26.2 Å². The van der Waals surface area contributed by atoms with Crippen LogP contribution in [-0.2, 0) is 4.74 Å². The smallest absolute Gasteiger partial charge is 0.409 e. The van der Waals surface area contributed by atoms with Crippen LogP contribution in [0.25, 0.3) is 0 Å². The van der Waals surface area contributed by atoms with Crippen LogP contribution in [0.4, 0.5) is 4.79 Å². The van der Waals surface area contributed by atoms with E-state index in [0.29, 0.717) is 18.6 Å². The summed E-state index contributed by atoms with van der Waals surface area (Å²) in [4.78, 5) is 14.1. The highest BCUT2D eigenvalue weighted by Gasteiger charge is 2.30. The van der Waals surface area contributed by atoms with Crippen molar-refractivity contribution in [3.8, 4) is 0 Å². The lowest BCUT2D eigenvalue weighted by Gasteiger charge is -2.38. The maximum atomic E-state index is 12.1. The normalized spacial score (nSPS) is 26.3. The third-order valence-corrected chi connectivity index (χ3v) is 5.45. The molecule has 2 fully saturated rings. The molecular weight excluding hydrogens is 288 g/mol. The highest BCUT2D eigenvalue weighted by molar-refractivity contribution is 5.67. The molecule has 1 saturated heterocycles. The van der Waals surface area contributed by atoms with Crippen molar-refractivity contribution >= 4 is 6.09 Å². The Bertz CT molecular complexity index is 342. The SMILES string of the molecule is CCCCC1CC(NCC2CCCCC2)CN(C(=O)OCC)C1. The summed E-state index contributed by atoms with van der Waals surface area (Å²) >= 11 is 0. The maximum absolute atomic E-state index is 12.1. The number of rotatable bonds is 7. The van der Waals surface area contributed by atoms with E-state index in [4.69, 9.17) is 4.74 Å². The van der Waals surface area contributed by atoms with E-state index < -0.39 is 0 Å². The Labute approximate surface area is 142 Å². The first-order valence-corrected chi connectivity index (χ1v) is 9.88. The van der Waals surface area contributed by atoms with Gasteiger partial charge in [-0.25, -0.2) is 4.79 Å². The summed E-state index contributed by atoms with van der Waals surface area (Å²) in [6, 6.07) is 0.442. The van der Waals surface area contributed by atoms with Crippen molar-refractivity contribution in [2.24, 2.45) is 11.8 Å². The minimum absolute atomic E-state index is 0.127. The molecule has 23 heavy (non-hydrogen) atoms. The lowest BCUT2D eigenvalue weighted by Crippen LogP contribution is -2.52. The average molecular weight is 325 g/mol. The lowest BCUT2D eigenvalue weighted by molar-refractivity contribution is 0.0760. The highest BCUT2D eigenvalue weighted by atomic mass is 16.6. The Morgan fingerprint density at radius 2 is 1.91 bits per heavy atom. The molecule has 4 nitrogen and oxygen atoms in total. The van der Waals surface area contributed by atoms with Crippen molar-refractivity contribution in [2.45, 2.75) is 77.7 Å². The number of carbonyl (C=O) groups is 1. The largest absolute Gasteiger partial charge is 0.450 e. The van der Waals surface area contributed by atoms with E-state index in [9.17, 15) is 4.79 Å². The van der Waals surface area contributed by atoms with Crippen LogP contribution in [0.5, 0.6) is 0 Å². The molecule has 134 valence electrons. The van der Waals surface area contributed by atoms with Gasteiger partial charge in [-0.15, -0.1) is 0 Å². The topological polar surface area (TPSA) is 41.6 Å². The fourth-order valence-electron chi connectivity index (χ4n) is 4.14. The zero-order chi connectivity index (χ0) is 16.5. The summed E-state index contributed by atoms with van der Waals surface area (Å²) in [5.41, 5.74) is 0. The molecule has 2 atom stereocenters. The van der Waals surface area contributed by atoms with Crippen molar-refractivity contribution < 1.29 is 9.53 Å². The van der Waals surface area contributed by atoms with Crippen LogP contribution in [0.2, 0.25) is 0 Å². The second-order valence-electron chi connectivity index (χ2n) is 7.46. The first-order valence-electron chi connectivity index (χ1n) is 9.88. The van der Waals surface area contributed by atoms with Crippen molar-refractivity contribution in [3.05, 3.63) is 0 Å². The fraction of sp³-hybridized carbons (Fsp3) is 0.947. The Morgan fingerprint density at radius 3 is 2.61 bits per heavy atom. The zero-order valence-corrected chi connectivity index (χ0v) is 15.2. The van der Waals surface area contributed by atoms with Gasteiger partial charge < -0.3 is 15.0 Å². The van der Waals surface area contributed by atoms with Crippen LogP contribution < -0.4 is 5.32 Å². The lowest BCUT2D eigenvalue weighted by atomic mass is 9.87.